The molecule has 1 aromatic heterocycles. The molecule has 0 unspecified atom stereocenters. The lowest BCUT2D eigenvalue weighted by Gasteiger charge is -2.07. The first-order chi connectivity index (χ1) is 11.0. The fraction of sp³-hybridized carbons (Fsp3) is 0.211. The van der Waals surface area contributed by atoms with E-state index in [1.54, 1.807) is 24.3 Å². The number of hydrogen-bond acceptors (Lipinski definition) is 4. The molecule has 4 heteroatoms. The van der Waals surface area contributed by atoms with Crippen LogP contribution in [0, 0.1) is 13.8 Å². The summed E-state index contributed by atoms with van der Waals surface area (Å²) in [5, 5.41) is 23.4. The lowest BCUT2D eigenvalue weighted by Crippen LogP contribution is -1.90. The predicted molar refractivity (Wildman–Crippen MR) is 89.6 cm³/mol. The number of hydrogen-bond donors (Lipinski definition) is 2. The van der Waals surface area contributed by atoms with E-state index in [4.69, 9.17) is 4.52 Å². The standard InChI is InChI=1S/C19H19NO3/c1-4-15-18(16-7-5-13(21)9-11(16)2)20-23-19(15)17-8-6-14(22)10-12(17)3/h5-10,21-22H,4H2,1-3H3. The van der Waals surface area contributed by atoms with Crippen LogP contribution in [0.5, 0.6) is 11.5 Å². The van der Waals surface area contributed by atoms with Crippen LogP contribution < -0.4 is 0 Å². The number of rotatable bonds is 3. The molecule has 0 amide bonds. The lowest BCUT2D eigenvalue weighted by molar-refractivity contribution is 0.433. The normalized spacial score (nSPS) is 10.9. The Bertz CT molecular complexity index is 796. The van der Waals surface area contributed by atoms with Crippen LogP contribution in [-0.2, 0) is 6.42 Å². The number of phenolic OH excluding ortho intramolecular Hbond substituents is 2. The molecule has 23 heavy (non-hydrogen) atoms. The van der Waals surface area contributed by atoms with Gasteiger partial charge in [0, 0.05) is 16.7 Å². The number of aromatic hydroxyl groups is 2. The van der Waals surface area contributed by atoms with Crippen molar-refractivity contribution in [1.29, 1.82) is 0 Å². The fourth-order valence-corrected chi connectivity index (χ4v) is 2.88. The molecule has 0 aliphatic heterocycles. The van der Waals surface area contributed by atoms with Crippen molar-refractivity contribution in [2.24, 2.45) is 0 Å². The Balaban J connectivity index is 2.17. The van der Waals surface area contributed by atoms with E-state index < -0.39 is 0 Å². The van der Waals surface area contributed by atoms with Gasteiger partial charge in [0.1, 0.15) is 17.2 Å². The van der Waals surface area contributed by atoms with Crippen LogP contribution in [0.15, 0.2) is 40.9 Å². The molecule has 3 rings (SSSR count). The van der Waals surface area contributed by atoms with Gasteiger partial charge in [0.15, 0.2) is 5.76 Å². The minimum Gasteiger partial charge on any atom is -0.508 e. The maximum atomic E-state index is 9.59. The van der Waals surface area contributed by atoms with Gasteiger partial charge in [0.05, 0.1) is 0 Å². The Morgan fingerprint density at radius 3 is 2.00 bits per heavy atom. The number of aromatic nitrogens is 1. The molecule has 0 aliphatic rings. The molecule has 0 saturated carbocycles. The maximum Gasteiger partial charge on any atom is 0.170 e. The smallest absolute Gasteiger partial charge is 0.170 e. The van der Waals surface area contributed by atoms with Gasteiger partial charge in [-0.15, -0.1) is 0 Å². The van der Waals surface area contributed by atoms with Gasteiger partial charge < -0.3 is 14.7 Å². The Labute approximate surface area is 135 Å². The highest BCUT2D eigenvalue weighted by molar-refractivity contribution is 5.76. The summed E-state index contributed by atoms with van der Waals surface area (Å²) < 4.78 is 5.64. The Hall–Kier alpha value is -2.75. The predicted octanol–water partition coefficient (Wildman–Crippen LogP) is 4.60. The second kappa shape index (κ2) is 5.80. The number of phenols is 2. The van der Waals surface area contributed by atoms with Crippen molar-refractivity contribution in [2.75, 3.05) is 0 Å². The van der Waals surface area contributed by atoms with Gasteiger partial charge in [0.25, 0.3) is 0 Å². The van der Waals surface area contributed by atoms with E-state index in [1.165, 1.54) is 0 Å². The summed E-state index contributed by atoms with van der Waals surface area (Å²) in [5.74, 6) is 1.20. The van der Waals surface area contributed by atoms with E-state index in [2.05, 4.69) is 12.1 Å². The Morgan fingerprint density at radius 2 is 1.48 bits per heavy atom. The third-order valence-electron chi connectivity index (χ3n) is 4.06. The van der Waals surface area contributed by atoms with E-state index in [-0.39, 0.29) is 11.5 Å². The minimum atomic E-state index is 0.235. The van der Waals surface area contributed by atoms with Crippen LogP contribution in [0.25, 0.3) is 22.6 Å². The van der Waals surface area contributed by atoms with E-state index in [1.807, 2.05) is 26.0 Å². The van der Waals surface area contributed by atoms with Gasteiger partial charge in [-0.05, 0) is 67.8 Å². The van der Waals surface area contributed by atoms with Crippen LogP contribution in [-0.4, -0.2) is 15.4 Å². The average Bonchev–Trinajstić information content (AvgIpc) is 2.90. The number of nitrogens with zero attached hydrogens (tertiary/aromatic N) is 1. The van der Waals surface area contributed by atoms with Crippen molar-refractivity contribution in [3.63, 3.8) is 0 Å². The SMILES string of the molecule is CCc1c(-c2ccc(O)cc2C)noc1-c1ccc(O)cc1C. The van der Waals surface area contributed by atoms with Crippen molar-refractivity contribution in [1.82, 2.24) is 5.16 Å². The molecule has 0 aliphatic carbocycles. The first kappa shape index (κ1) is 15.2. The van der Waals surface area contributed by atoms with Gasteiger partial charge >= 0.3 is 0 Å². The molecule has 1 heterocycles. The minimum absolute atomic E-state index is 0.235. The lowest BCUT2D eigenvalue weighted by atomic mass is 9.96. The second-order valence-corrected chi connectivity index (χ2v) is 5.69. The van der Waals surface area contributed by atoms with Gasteiger partial charge in [0.2, 0.25) is 0 Å². The zero-order chi connectivity index (χ0) is 16.6. The first-order valence-corrected chi connectivity index (χ1v) is 7.59. The van der Waals surface area contributed by atoms with E-state index >= 15 is 0 Å². The van der Waals surface area contributed by atoms with Crippen molar-refractivity contribution >= 4 is 0 Å². The maximum absolute atomic E-state index is 9.59. The van der Waals surface area contributed by atoms with Crippen molar-refractivity contribution in [3.8, 4) is 34.1 Å². The van der Waals surface area contributed by atoms with Crippen LogP contribution in [0.1, 0.15) is 23.6 Å². The summed E-state index contributed by atoms with van der Waals surface area (Å²) in [6, 6.07) is 10.4. The largest absolute Gasteiger partial charge is 0.508 e. The molecule has 2 aromatic carbocycles. The molecular formula is C19H19NO3. The van der Waals surface area contributed by atoms with Gasteiger partial charge in [-0.3, -0.25) is 0 Å². The van der Waals surface area contributed by atoms with Crippen molar-refractivity contribution in [3.05, 3.63) is 53.1 Å². The molecule has 0 saturated heterocycles. The summed E-state index contributed by atoms with van der Waals surface area (Å²) in [5.41, 5.74) is 5.58. The van der Waals surface area contributed by atoms with Crippen LogP contribution >= 0.6 is 0 Å². The third-order valence-corrected chi connectivity index (χ3v) is 4.06. The highest BCUT2D eigenvalue weighted by atomic mass is 16.5. The molecule has 0 fully saturated rings. The summed E-state index contributed by atoms with van der Waals surface area (Å²) >= 11 is 0. The van der Waals surface area contributed by atoms with Gasteiger partial charge in [-0.2, -0.15) is 0 Å². The molecular weight excluding hydrogens is 290 g/mol. The summed E-state index contributed by atoms with van der Waals surface area (Å²) in [6.45, 7) is 5.93. The van der Waals surface area contributed by atoms with Gasteiger partial charge in [-0.25, -0.2) is 0 Å². The van der Waals surface area contributed by atoms with Gasteiger partial charge in [-0.1, -0.05) is 12.1 Å². The monoisotopic (exact) mass is 309 g/mol. The van der Waals surface area contributed by atoms with E-state index in [0.717, 1.165) is 45.7 Å². The number of benzene rings is 2. The highest BCUT2D eigenvalue weighted by Crippen LogP contribution is 2.36. The summed E-state index contributed by atoms with van der Waals surface area (Å²) in [4.78, 5) is 0. The van der Waals surface area contributed by atoms with Crippen molar-refractivity contribution in [2.45, 2.75) is 27.2 Å². The number of aryl methyl sites for hydroxylation is 2. The second-order valence-electron chi connectivity index (χ2n) is 5.69. The quantitative estimate of drug-likeness (QED) is 0.742. The topological polar surface area (TPSA) is 66.5 Å². The zero-order valence-corrected chi connectivity index (χ0v) is 13.4. The molecule has 118 valence electrons. The molecule has 3 aromatic rings. The highest BCUT2D eigenvalue weighted by Gasteiger charge is 2.20. The van der Waals surface area contributed by atoms with Crippen LogP contribution in [0.3, 0.4) is 0 Å². The molecule has 0 bridgehead atoms. The Morgan fingerprint density at radius 1 is 0.913 bits per heavy atom. The third kappa shape index (κ3) is 2.68. The van der Waals surface area contributed by atoms with Crippen LogP contribution in [0.2, 0.25) is 0 Å². The summed E-state index contributed by atoms with van der Waals surface area (Å²) in [7, 11) is 0. The van der Waals surface area contributed by atoms with Crippen molar-refractivity contribution < 1.29 is 14.7 Å². The molecule has 0 atom stereocenters. The fourth-order valence-electron chi connectivity index (χ4n) is 2.88. The van der Waals surface area contributed by atoms with E-state index in [9.17, 15) is 10.2 Å². The molecule has 0 radical (unpaired) electrons. The molecule has 0 spiro atoms. The zero-order valence-electron chi connectivity index (χ0n) is 13.4. The summed E-state index contributed by atoms with van der Waals surface area (Å²) in [6.07, 6.45) is 0.773. The molecule has 4 nitrogen and oxygen atoms in total. The Kier molecular flexibility index (Phi) is 3.82. The molecule has 2 N–H and O–H groups in total. The van der Waals surface area contributed by atoms with E-state index in [0.29, 0.717) is 0 Å². The average molecular weight is 309 g/mol. The first-order valence-electron chi connectivity index (χ1n) is 7.59. The van der Waals surface area contributed by atoms with Crippen LogP contribution in [0.4, 0.5) is 0 Å².